The van der Waals surface area contributed by atoms with Crippen LogP contribution in [0.1, 0.15) is 15.9 Å². The molecule has 8 heteroatoms. The van der Waals surface area contributed by atoms with Gasteiger partial charge >= 0.3 is 0 Å². The van der Waals surface area contributed by atoms with Crippen LogP contribution in [0.15, 0.2) is 75.7 Å². The predicted molar refractivity (Wildman–Crippen MR) is 124 cm³/mol. The Balaban J connectivity index is 1.55. The predicted octanol–water partition coefficient (Wildman–Crippen LogP) is 5.62. The molecule has 0 fully saturated rings. The fraction of sp³-hybridized carbons (Fsp3) is 0.0476. The molecule has 1 amide bonds. The van der Waals surface area contributed by atoms with Gasteiger partial charge in [0.05, 0.1) is 8.95 Å². The van der Waals surface area contributed by atoms with Gasteiger partial charge in [-0.2, -0.15) is 0 Å². The highest BCUT2D eigenvalue weighted by atomic mass is 79.9. The van der Waals surface area contributed by atoms with Crippen LogP contribution in [-0.4, -0.2) is 16.1 Å². The van der Waals surface area contributed by atoms with Gasteiger partial charge in [0.25, 0.3) is 5.91 Å². The van der Waals surface area contributed by atoms with Crippen LogP contribution in [0.2, 0.25) is 0 Å². The van der Waals surface area contributed by atoms with Crippen molar-refractivity contribution in [1.82, 2.24) is 5.32 Å². The van der Waals surface area contributed by atoms with E-state index in [-0.39, 0.29) is 16.8 Å². The lowest BCUT2D eigenvalue weighted by Gasteiger charge is -2.12. The van der Waals surface area contributed by atoms with Gasteiger partial charge in [-0.1, -0.05) is 30.3 Å². The Morgan fingerprint density at radius 1 is 1.00 bits per heavy atom. The Morgan fingerprint density at radius 3 is 2.24 bits per heavy atom. The Bertz CT molecular complexity index is 1000. The van der Waals surface area contributed by atoms with Crippen LogP contribution in [0.3, 0.4) is 0 Å². The maximum Gasteiger partial charge on any atom is 0.257 e. The van der Waals surface area contributed by atoms with Crippen molar-refractivity contribution in [3.05, 3.63) is 86.8 Å². The molecule has 0 unspecified atom stereocenters. The van der Waals surface area contributed by atoms with E-state index in [1.165, 1.54) is 0 Å². The third-order valence-electron chi connectivity index (χ3n) is 3.87. The van der Waals surface area contributed by atoms with E-state index < -0.39 is 0 Å². The van der Waals surface area contributed by atoms with E-state index in [4.69, 9.17) is 17.0 Å². The van der Waals surface area contributed by atoms with Gasteiger partial charge in [0.2, 0.25) is 0 Å². The average Bonchev–Trinajstić information content (AvgIpc) is 2.71. The maximum atomic E-state index is 12.4. The third kappa shape index (κ3) is 6.03. The largest absolute Gasteiger partial charge is 0.506 e. The molecule has 0 saturated heterocycles. The summed E-state index contributed by atoms with van der Waals surface area (Å²) in [7, 11) is 0. The van der Waals surface area contributed by atoms with Crippen LogP contribution in [-0.2, 0) is 6.61 Å². The summed E-state index contributed by atoms with van der Waals surface area (Å²) in [5.41, 5.74) is 2.04. The number of phenolic OH excluding ortho intramolecular Hbond substituents is 1. The summed E-state index contributed by atoms with van der Waals surface area (Å²) in [6, 6.07) is 19.9. The minimum Gasteiger partial charge on any atom is -0.506 e. The number of halogens is 2. The lowest BCUT2D eigenvalue weighted by Crippen LogP contribution is -2.34. The fourth-order valence-corrected chi connectivity index (χ4v) is 3.81. The number of anilines is 1. The van der Waals surface area contributed by atoms with Crippen molar-refractivity contribution in [3.8, 4) is 11.5 Å². The minimum atomic E-state index is -0.324. The molecule has 0 radical (unpaired) electrons. The first kappa shape index (κ1) is 21.3. The van der Waals surface area contributed by atoms with E-state index in [0.29, 0.717) is 26.8 Å². The zero-order valence-electron chi connectivity index (χ0n) is 15.0. The SMILES string of the molecule is O=C(NC(=S)Nc1cc(Br)c(O)c(Br)c1)c1ccc(COc2ccccc2)cc1. The normalized spacial score (nSPS) is 10.3. The van der Waals surface area contributed by atoms with E-state index in [1.54, 1.807) is 24.3 Å². The molecule has 0 heterocycles. The molecule has 0 atom stereocenters. The molecule has 0 aliphatic carbocycles. The summed E-state index contributed by atoms with van der Waals surface area (Å²) in [4.78, 5) is 12.4. The summed E-state index contributed by atoms with van der Waals surface area (Å²) < 4.78 is 6.69. The van der Waals surface area contributed by atoms with Gasteiger partial charge in [-0.25, -0.2) is 0 Å². The number of phenols is 1. The third-order valence-corrected chi connectivity index (χ3v) is 5.28. The second-order valence-electron chi connectivity index (χ2n) is 6.00. The fourth-order valence-electron chi connectivity index (χ4n) is 2.41. The van der Waals surface area contributed by atoms with Gasteiger partial charge in [0, 0.05) is 11.3 Å². The Hall–Kier alpha value is -2.42. The molecule has 3 N–H and O–H groups in total. The number of hydrogen-bond donors (Lipinski definition) is 3. The van der Waals surface area contributed by atoms with Gasteiger partial charge in [-0.3, -0.25) is 10.1 Å². The highest BCUT2D eigenvalue weighted by Crippen LogP contribution is 2.35. The van der Waals surface area contributed by atoms with Crippen molar-refractivity contribution in [2.75, 3.05) is 5.32 Å². The van der Waals surface area contributed by atoms with Crippen LogP contribution in [0.25, 0.3) is 0 Å². The first-order valence-corrected chi connectivity index (χ1v) is 10.5. The Kier molecular flexibility index (Phi) is 7.24. The summed E-state index contributed by atoms with van der Waals surface area (Å²) in [5, 5.41) is 15.4. The zero-order chi connectivity index (χ0) is 20.8. The second-order valence-corrected chi connectivity index (χ2v) is 8.11. The molecule has 0 aromatic heterocycles. The molecular weight excluding hydrogens is 520 g/mol. The number of carbonyl (C=O) groups excluding carboxylic acids is 1. The van der Waals surface area contributed by atoms with Crippen LogP contribution >= 0.6 is 44.1 Å². The first-order chi connectivity index (χ1) is 13.9. The topological polar surface area (TPSA) is 70.6 Å². The molecule has 0 aliphatic heterocycles. The number of ether oxygens (including phenoxy) is 1. The smallest absolute Gasteiger partial charge is 0.257 e. The van der Waals surface area contributed by atoms with Crippen molar-refractivity contribution in [2.24, 2.45) is 0 Å². The van der Waals surface area contributed by atoms with Gasteiger partial charge in [0.15, 0.2) is 5.11 Å². The number of nitrogens with one attached hydrogen (secondary N) is 2. The number of para-hydroxylation sites is 1. The number of aromatic hydroxyl groups is 1. The van der Waals surface area contributed by atoms with Crippen LogP contribution < -0.4 is 15.4 Å². The number of benzene rings is 3. The molecular formula is C21H16Br2N2O3S. The second kappa shape index (κ2) is 9.87. The van der Waals surface area contributed by atoms with E-state index >= 15 is 0 Å². The van der Waals surface area contributed by atoms with Crippen LogP contribution in [0.5, 0.6) is 11.5 Å². The highest BCUT2D eigenvalue weighted by Gasteiger charge is 2.10. The van der Waals surface area contributed by atoms with E-state index in [9.17, 15) is 9.90 Å². The molecule has 5 nitrogen and oxygen atoms in total. The monoisotopic (exact) mass is 534 g/mol. The molecule has 0 aliphatic rings. The number of rotatable bonds is 5. The van der Waals surface area contributed by atoms with Crippen LogP contribution in [0, 0.1) is 0 Å². The molecule has 0 bridgehead atoms. The molecule has 3 aromatic rings. The zero-order valence-corrected chi connectivity index (χ0v) is 19.0. The molecule has 0 saturated carbocycles. The van der Waals surface area contributed by atoms with E-state index in [2.05, 4.69) is 42.5 Å². The molecule has 29 heavy (non-hydrogen) atoms. The molecule has 3 rings (SSSR count). The van der Waals surface area contributed by atoms with Crippen molar-refractivity contribution in [2.45, 2.75) is 6.61 Å². The number of amides is 1. The van der Waals surface area contributed by atoms with Crippen molar-refractivity contribution in [3.63, 3.8) is 0 Å². The first-order valence-electron chi connectivity index (χ1n) is 8.49. The van der Waals surface area contributed by atoms with E-state index in [1.807, 2.05) is 42.5 Å². The van der Waals surface area contributed by atoms with Crippen molar-refractivity contribution >= 4 is 60.8 Å². The molecule has 148 valence electrons. The van der Waals surface area contributed by atoms with Crippen molar-refractivity contribution < 1.29 is 14.6 Å². The minimum absolute atomic E-state index is 0.0850. The van der Waals surface area contributed by atoms with Crippen LogP contribution in [0.4, 0.5) is 5.69 Å². The number of hydrogen-bond acceptors (Lipinski definition) is 4. The average molecular weight is 536 g/mol. The summed E-state index contributed by atoms with van der Waals surface area (Å²) in [6.45, 7) is 0.413. The lowest BCUT2D eigenvalue weighted by molar-refractivity contribution is 0.0977. The standard InChI is InChI=1S/C21H16Br2N2O3S/c22-17-10-15(11-18(23)19(17)26)24-21(29)25-20(27)14-8-6-13(7-9-14)12-28-16-4-2-1-3-5-16/h1-11,26H,12H2,(H2,24,25,27,29). The van der Waals surface area contributed by atoms with E-state index in [0.717, 1.165) is 11.3 Å². The summed E-state index contributed by atoms with van der Waals surface area (Å²) in [5.74, 6) is 0.551. The van der Waals surface area contributed by atoms with Gasteiger partial charge < -0.3 is 15.2 Å². The highest BCUT2D eigenvalue weighted by molar-refractivity contribution is 9.11. The lowest BCUT2D eigenvalue weighted by atomic mass is 10.1. The quantitative estimate of drug-likeness (QED) is 0.292. The summed E-state index contributed by atoms with van der Waals surface area (Å²) >= 11 is 11.7. The molecule has 3 aromatic carbocycles. The maximum absolute atomic E-state index is 12.4. The number of thiocarbonyl (C=S) groups is 1. The van der Waals surface area contributed by atoms with Gasteiger partial charge in [0.1, 0.15) is 18.1 Å². The van der Waals surface area contributed by atoms with Gasteiger partial charge in [-0.15, -0.1) is 0 Å². The Labute approximate surface area is 190 Å². The van der Waals surface area contributed by atoms with Gasteiger partial charge in [-0.05, 0) is 86.0 Å². The number of carbonyl (C=O) groups is 1. The Morgan fingerprint density at radius 2 is 1.62 bits per heavy atom. The summed E-state index contributed by atoms with van der Waals surface area (Å²) in [6.07, 6.45) is 0. The molecule has 0 spiro atoms. The van der Waals surface area contributed by atoms with Crippen molar-refractivity contribution in [1.29, 1.82) is 0 Å².